The van der Waals surface area contributed by atoms with Crippen LogP contribution in [0.2, 0.25) is 0 Å². The number of nitrogens with one attached hydrogen (secondary N) is 3. The number of benzene rings is 2. The molecule has 9 nitrogen and oxygen atoms in total. The van der Waals surface area contributed by atoms with Gasteiger partial charge in [0.1, 0.15) is 11.5 Å². The van der Waals surface area contributed by atoms with Crippen LogP contribution >= 0.6 is 0 Å². The zero-order chi connectivity index (χ0) is 24.2. The van der Waals surface area contributed by atoms with E-state index >= 15 is 0 Å². The number of carbonyl (C=O) groups excluding carboxylic acids is 3. The first-order valence-corrected chi connectivity index (χ1v) is 11.4. The van der Waals surface area contributed by atoms with Crippen LogP contribution in [-0.2, 0) is 14.4 Å². The Morgan fingerprint density at radius 3 is 2.44 bits per heavy atom. The second kappa shape index (κ2) is 13.0. The zero-order valence-corrected chi connectivity index (χ0v) is 19.2. The Balaban J connectivity index is 1.41. The molecule has 9 heteroatoms. The average Bonchev–Trinajstić information content (AvgIpc) is 2.85. The predicted molar refractivity (Wildman–Crippen MR) is 129 cm³/mol. The van der Waals surface area contributed by atoms with Gasteiger partial charge in [0.2, 0.25) is 0 Å². The number of hydrogen-bond donors (Lipinski definition) is 3. The molecule has 0 unspecified atom stereocenters. The maximum Gasteiger partial charge on any atom is 0.329 e. The molecule has 0 aliphatic heterocycles. The quantitative estimate of drug-likeness (QED) is 0.298. The molecule has 3 rings (SSSR count). The fourth-order valence-electron chi connectivity index (χ4n) is 3.56. The molecule has 0 spiro atoms. The molecule has 0 heterocycles. The van der Waals surface area contributed by atoms with Crippen LogP contribution in [0.4, 0.5) is 5.69 Å². The van der Waals surface area contributed by atoms with Gasteiger partial charge in [0.15, 0.2) is 6.61 Å². The molecule has 2 aromatic carbocycles. The topological polar surface area (TPSA) is 118 Å². The predicted octanol–water partition coefficient (Wildman–Crippen LogP) is 3.00. The number of hydrogen-bond acceptors (Lipinski definition) is 6. The highest BCUT2D eigenvalue weighted by molar-refractivity contribution is 6.39. The number of anilines is 1. The van der Waals surface area contributed by atoms with Crippen molar-refractivity contribution >= 4 is 29.6 Å². The summed E-state index contributed by atoms with van der Waals surface area (Å²) in [7, 11) is 0. The van der Waals surface area contributed by atoms with Crippen molar-refractivity contribution < 1.29 is 23.9 Å². The molecule has 3 N–H and O–H groups in total. The molecule has 2 aromatic rings. The minimum absolute atomic E-state index is 0.0401. The number of carbonyl (C=O) groups is 3. The van der Waals surface area contributed by atoms with Crippen molar-refractivity contribution in [1.29, 1.82) is 0 Å². The van der Waals surface area contributed by atoms with E-state index < -0.39 is 11.8 Å². The fraction of sp³-hybridized carbons (Fsp3) is 0.360. The van der Waals surface area contributed by atoms with Gasteiger partial charge in [-0.15, -0.1) is 0 Å². The van der Waals surface area contributed by atoms with E-state index in [1.54, 1.807) is 48.5 Å². The molecular weight excluding hydrogens is 436 g/mol. The maximum atomic E-state index is 12.1. The van der Waals surface area contributed by atoms with Crippen LogP contribution in [0.15, 0.2) is 53.6 Å². The number of nitrogens with zero attached hydrogens (tertiary/aromatic N) is 1. The molecular formula is C25H30N4O5. The van der Waals surface area contributed by atoms with Gasteiger partial charge < -0.3 is 20.1 Å². The second-order valence-electron chi connectivity index (χ2n) is 7.84. The minimum Gasteiger partial charge on any atom is -0.492 e. The molecule has 180 valence electrons. The average molecular weight is 467 g/mol. The Bertz CT molecular complexity index is 1000. The summed E-state index contributed by atoms with van der Waals surface area (Å²) < 4.78 is 11.0. The van der Waals surface area contributed by atoms with E-state index in [4.69, 9.17) is 9.47 Å². The first-order chi connectivity index (χ1) is 16.5. The van der Waals surface area contributed by atoms with Crippen LogP contribution in [-0.4, -0.2) is 43.2 Å². The van der Waals surface area contributed by atoms with Crippen molar-refractivity contribution in [2.45, 2.75) is 45.1 Å². The summed E-state index contributed by atoms with van der Waals surface area (Å²) in [6.45, 7) is 2.22. The smallest absolute Gasteiger partial charge is 0.329 e. The van der Waals surface area contributed by atoms with E-state index in [0.717, 1.165) is 25.7 Å². The van der Waals surface area contributed by atoms with Crippen molar-refractivity contribution in [2.75, 3.05) is 18.5 Å². The highest BCUT2D eigenvalue weighted by atomic mass is 16.5. The van der Waals surface area contributed by atoms with Crippen LogP contribution in [0, 0.1) is 0 Å². The number of rotatable bonds is 9. The van der Waals surface area contributed by atoms with Crippen LogP contribution < -0.4 is 25.5 Å². The van der Waals surface area contributed by atoms with E-state index in [2.05, 4.69) is 21.2 Å². The Hall–Kier alpha value is -3.88. The van der Waals surface area contributed by atoms with Crippen molar-refractivity contribution in [3.8, 4) is 11.5 Å². The molecule has 3 amide bonds. The summed E-state index contributed by atoms with van der Waals surface area (Å²) in [6, 6.07) is 13.9. The lowest BCUT2D eigenvalue weighted by molar-refractivity contribution is -0.136. The standard InChI is InChI=1S/C25H30N4O5/c1-2-33-22-11-7-6-10-21(22)28-24(31)25(32)29-26-16-18-12-14-20(15-13-18)34-17-23(30)27-19-8-4-3-5-9-19/h6-7,10-16,19H,2-5,8-9,17H2,1H3,(H,27,30)(H,28,31)(H,29,32)/b26-16-. The monoisotopic (exact) mass is 466 g/mol. The molecule has 0 aromatic heterocycles. The van der Waals surface area contributed by atoms with Crippen molar-refractivity contribution in [3.05, 3.63) is 54.1 Å². The minimum atomic E-state index is -0.911. The van der Waals surface area contributed by atoms with E-state index in [1.165, 1.54) is 12.6 Å². The molecule has 1 aliphatic carbocycles. The fourth-order valence-corrected chi connectivity index (χ4v) is 3.56. The molecule has 0 radical (unpaired) electrons. The first kappa shape index (κ1) is 24.8. The van der Waals surface area contributed by atoms with Gasteiger partial charge in [0.05, 0.1) is 18.5 Å². The molecule has 1 fully saturated rings. The number of para-hydroxylation sites is 2. The van der Waals surface area contributed by atoms with Crippen molar-refractivity contribution in [1.82, 2.24) is 10.7 Å². The summed E-state index contributed by atoms with van der Waals surface area (Å²) in [5.41, 5.74) is 3.27. The largest absolute Gasteiger partial charge is 0.492 e. The van der Waals surface area contributed by atoms with Crippen molar-refractivity contribution in [3.63, 3.8) is 0 Å². The molecule has 0 saturated heterocycles. The normalized spacial score (nSPS) is 13.8. The Kier molecular flexibility index (Phi) is 9.45. The van der Waals surface area contributed by atoms with Crippen LogP contribution in [0.3, 0.4) is 0 Å². The van der Waals surface area contributed by atoms with E-state index in [1.807, 2.05) is 6.92 Å². The Morgan fingerprint density at radius 2 is 1.71 bits per heavy atom. The molecule has 0 atom stereocenters. The van der Waals surface area contributed by atoms with E-state index in [0.29, 0.717) is 29.4 Å². The molecule has 0 bridgehead atoms. The SMILES string of the molecule is CCOc1ccccc1NC(=O)C(=O)N/N=C\c1ccc(OCC(=O)NC2CCCCC2)cc1. The summed E-state index contributed by atoms with van der Waals surface area (Å²) >= 11 is 0. The lowest BCUT2D eigenvalue weighted by Gasteiger charge is -2.22. The van der Waals surface area contributed by atoms with Crippen molar-refractivity contribution in [2.24, 2.45) is 5.10 Å². The zero-order valence-electron chi connectivity index (χ0n) is 19.2. The van der Waals surface area contributed by atoms with Crippen LogP contribution in [0.25, 0.3) is 0 Å². The third kappa shape index (κ3) is 7.91. The lowest BCUT2D eigenvalue weighted by atomic mass is 9.95. The summed E-state index contributed by atoms with van der Waals surface area (Å²) in [5, 5.41) is 9.32. The lowest BCUT2D eigenvalue weighted by Crippen LogP contribution is -2.38. The summed E-state index contributed by atoms with van der Waals surface area (Å²) in [5.74, 6) is -0.871. The second-order valence-corrected chi connectivity index (χ2v) is 7.84. The van der Waals surface area contributed by atoms with E-state index in [-0.39, 0.29) is 18.6 Å². The van der Waals surface area contributed by atoms with Gasteiger partial charge in [0.25, 0.3) is 5.91 Å². The van der Waals surface area contributed by atoms with Gasteiger partial charge >= 0.3 is 11.8 Å². The highest BCUT2D eigenvalue weighted by Crippen LogP contribution is 2.23. The summed E-state index contributed by atoms with van der Waals surface area (Å²) in [6.07, 6.45) is 7.00. The Morgan fingerprint density at radius 1 is 0.971 bits per heavy atom. The number of amides is 3. The third-order valence-electron chi connectivity index (χ3n) is 5.24. The molecule has 34 heavy (non-hydrogen) atoms. The van der Waals surface area contributed by atoms with Gasteiger partial charge in [-0.25, -0.2) is 5.43 Å². The summed E-state index contributed by atoms with van der Waals surface area (Å²) in [4.78, 5) is 36.2. The van der Waals surface area contributed by atoms with Gasteiger partial charge in [-0.3, -0.25) is 14.4 Å². The van der Waals surface area contributed by atoms with Gasteiger partial charge in [-0.05, 0) is 61.7 Å². The first-order valence-electron chi connectivity index (χ1n) is 11.4. The van der Waals surface area contributed by atoms with Crippen LogP contribution in [0.1, 0.15) is 44.6 Å². The highest BCUT2D eigenvalue weighted by Gasteiger charge is 2.16. The van der Waals surface area contributed by atoms with Gasteiger partial charge in [0, 0.05) is 6.04 Å². The maximum absolute atomic E-state index is 12.1. The Labute approximate surface area is 198 Å². The van der Waals surface area contributed by atoms with Crippen LogP contribution in [0.5, 0.6) is 11.5 Å². The van der Waals surface area contributed by atoms with Gasteiger partial charge in [-0.1, -0.05) is 31.4 Å². The van der Waals surface area contributed by atoms with E-state index in [9.17, 15) is 14.4 Å². The molecule has 1 aliphatic rings. The molecule has 1 saturated carbocycles. The number of hydrazone groups is 1. The third-order valence-corrected chi connectivity index (χ3v) is 5.24. The number of ether oxygens (including phenoxy) is 2. The van der Waals surface area contributed by atoms with Gasteiger partial charge in [-0.2, -0.15) is 5.10 Å².